The van der Waals surface area contributed by atoms with E-state index in [1.807, 2.05) is 18.2 Å². The van der Waals surface area contributed by atoms with Gasteiger partial charge in [0.2, 0.25) is 0 Å². The Kier molecular flexibility index (Phi) is 5.36. The van der Waals surface area contributed by atoms with Crippen LogP contribution in [0.1, 0.15) is 5.56 Å². The Morgan fingerprint density at radius 1 is 1.11 bits per heavy atom. The molecule has 0 heterocycles. The van der Waals surface area contributed by atoms with Gasteiger partial charge in [-0.15, -0.1) is 0 Å². The summed E-state index contributed by atoms with van der Waals surface area (Å²) in [6.45, 7) is 1.89. The summed E-state index contributed by atoms with van der Waals surface area (Å²) in [5, 5.41) is 3.25. The molecule has 0 amide bonds. The van der Waals surface area contributed by atoms with Crippen molar-refractivity contribution in [2.75, 3.05) is 13.2 Å². The molecule has 4 heteroatoms. The smallest absolute Gasteiger partial charge is 0.166 e. The number of hydrogen-bond donors (Lipinski definition) is 1. The summed E-state index contributed by atoms with van der Waals surface area (Å²) in [4.78, 5) is 0. The normalized spacial score (nSPS) is 10.4. The fourth-order valence-electron chi connectivity index (χ4n) is 1.65. The Morgan fingerprint density at radius 2 is 1.89 bits per heavy atom. The molecule has 2 nitrogen and oxygen atoms in total. The summed E-state index contributed by atoms with van der Waals surface area (Å²) in [6, 6.07) is 14.9. The molecule has 0 atom stereocenters. The second-order valence-electron chi connectivity index (χ2n) is 4.09. The molecule has 0 fully saturated rings. The lowest BCUT2D eigenvalue weighted by molar-refractivity contribution is 0.298. The van der Waals surface area contributed by atoms with Crippen LogP contribution in [0.25, 0.3) is 0 Å². The van der Waals surface area contributed by atoms with Crippen LogP contribution < -0.4 is 10.1 Å². The van der Waals surface area contributed by atoms with E-state index in [0.717, 1.165) is 6.54 Å². The zero-order chi connectivity index (χ0) is 13.5. The fraction of sp³-hybridized carbons (Fsp3) is 0.200. The monoisotopic (exact) mass is 323 g/mol. The van der Waals surface area contributed by atoms with Gasteiger partial charge in [0.1, 0.15) is 6.61 Å². The lowest BCUT2D eigenvalue weighted by Gasteiger charge is -2.08. The molecule has 0 aliphatic heterocycles. The number of nitrogens with one attached hydrogen (secondary N) is 1. The SMILES string of the molecule is Fc1cc(Br)ccc1OCCNCc1ccccc1. The molecule has 0 aromatic heterocycles. The van der Waals surface area contributed by atoms with Gasteiger partial charge in [0.25, 0.3) is 0 Å². The van der Waals surface area contributed by atoms with E-state index in [0.29, 0.717) is 17.6 Å². The summed E-state index contributed by atoms with van der Waals surface area (Å²) < 4.78 is 19.5. The van der Waals surface area contributed by atoms with Gasteiger partial charge in [-0.1, -0.05) is 46.3 Å². The van der Waals surface area contributed by atoms with Gasteiger partial charge in [0.05, 0.1) is 0 Å². The van der Waals surface area contributed by atoms with Gasteiger partial charge < -0.3 is 10.1 Å². The molecule has 0 bridgehead atoms. The van der Waals surface area contributed by atoms with Crippen LogP contribution in [0.2, 0.25) is 0 Å². The van der Waals surface area contributed by atoms with Crippen molar-refractivity contribution in [2.45, 2.75) is 6.54 Å². The summed E-state index contributed by atoms with van der Waals surface area (Å²) >= 11 is 3.21. The van der Waals surface area contributed by atoms with Crippen molar-refractivity contribution in [1.82, 2.24) is 5.32 Å². The minimum absolute atomic E-state index is 0.282. The molecule has 2 rings (SSSR count). The van der Waals surface area contributed by atoms with E-state index in [9.17, 15) is 4.39 Å². The van der Waals surface area contributed by atoms with E-state index < -0.39 is 0 Å². The van der Waals surface area contributed by atoms with E-state index in [1.165, 1.54) is 11.6 Å². The first-order valence-corrected chi connectivity index (χ1v) is 6.87. The second kappa shape index (κ2) is 7.26. The van der Waals surface area contributed by atoms with Crippen LogP contribution in [-0.4, -0.2) is 13.2 Å². The molecular formula is C15H15BrFNO. The van der Waals surface area contributed by atoms with Crippen molar-refractivity contribution < 1.29 is 9.13 Å². The lowest BCUT2D eigenvalue weighted by atomic mass is 10.2. The number of rotatable bonds is 6. The van der Waals surface area contributed by atoms with Gasteiger partial charge in [0.15, 0.2) is 11.6 Å². The molecular weight excluding hydrogens is 309 g/mol. The molecule has 0 radical (unpaired) electrons. The van der Waals surface area contributed by atoms with E-state index in [2.05, 4.69) is 33.4 Å². The molecule has 0 unspecified atom stereocenters. The molecule has 2 aromatic rings. The minimum atomic E-state index is -0.350. The number of halogens is 2. The van der Waals surface area contributed by atoms with Crippen LogP contribution in [0.15, 0.2) is 53.0 Å². The summed E-state index contributed by atoms with van der Waals surface area (Å²) in [5.74, 6) is -0.0675. The quantitative estimate of drug-likeness (QED) is 0.817. The highest BCUT2D eigenvalue weighted by molar-refractivity contribution is 9.10. The standard InChI is InChI=1S/C15H15BrFNO/c16-13-6-7-15(14(17)10-13)19-9-8-18-11-12-4-2-1-3-5-12/h1-7,10,18H,8-9,11H2. The van der Waals surface area contributed by atoms with Crippen molar-refractivity contribution in [1.29, 1.82) is 0 Å². The second-order valence-corrected chi connectivity index (χ2v) is 5.00. The Bertz CT molecular complexity index is 519. The number of hydrogen-bond acceptors (Lipinski definition) is 2. The average Bonchev–Trinajstić information content (AvgIpc) is 2.42. The van der Waals surface area contributed by atoms with E-state index in [4.69, 9.17) is 4.74 Å². The first-order valence-electron chi connectivity index (χ1n) is 6.08. The molecule has 0 aliphatic rings. The van der Waals surface area contributed by atoms with Crippen molar-refractivity contribution in [3.05, 3.63) is 64.4 Å². The first kappa shape index (κ1) is 14.0. The predicted molar refractivity (Wildman–Crippen MR) is 77.7 cm³/mol. The van der Waals surface area contributed by atoms with Gasteiger partial charge >= 0.3 is 0 Å². The van der Waals surface area contributed by atoms with Crippen LogP contribution in [-0.2, 0) is 6.54 Å². The largest absolute Gasteiger partial charge is 0.489 e. The minimum Gasteiger partial charge on any atom is -0.489 e. The maximum absolute atomic E-state index is 13.4. The van der Waals surface area contributed by atoms with Crippen LogP contribution >= 0.6 is 15.9 Å². The van der Waals surface area contributed by atoms with Crippen LogP contribution in [0, 0.1) is 5.82 Å². The van der Waals surface area contributed by atoms with Crippen LogP contribution in [0.4, 0.5) is 4.39 Å². The van der Waals surface area contributed by atoms with Gasteiger partial charge in [-0.05, 0) is 23.8 Å². The van der Waals surface area contributed by atoms with Crippen molar-refractivity contribution in [2.24, 2.45) is 0 Å². The predicted octanol–water partition coefficient (Wildman–Crippen LogP) is 3.76. The Balaban J connectivity index is 1.69. The maximum Gasteiger partial charge on any atom is 0.166 e. The molecule has 0 saturated carbocycles. The van der Waals surface area contributed by atoms with E-state index in [-0.39, 0.29) is 11.6 Å². The third kappa shape index (κ3) is 4.65. The Morgan fingerprint density at radius 3 is 2.63 bits per heavy atom. The zero-order valence-corrected chi connectivity index (χ0v) is 12.0. The van der Waals surface area contributed by atoms with Crippen molar-refractivity contribution in [3.63, 3.8) is 0 Å². The lowest BCUT2D eigenvalue weighted by Crippen LogP contribution is -2.20. The fourth-order valence-corrected chi connectivity index (χ4v) is 1.99. The molecule has 2 aromatic carbocycles. The van der Waals surface area contributed by atoms with E-state index >= 15 is 0 Å². The molecule has 0 aliphatic carbocycles. The van der Waals surface area contributed by atoms with Crippen molar-refractivity contribution in [3.8, 4) is 5.75 Å². The molecule has 100 valence electrons. The van der Waals surface area contributed by atoms with Crippen LogP contribution in [0.5, 0.6) is 5.75 Å². The highest BCUT2D eigenvalue weighted by Gasteiger charge is 2.03. The summed E-state index contributed by atoms with van der Waals surface area (Å²) in [7, 11) is 0. The van der Waals surface area contributed by atoms with Gasteiger partial charge in [-0.2, -0.15) is 0 Å². The zero-order valence-electron chi connectivity index (χ0n) is 10.4. The average molecular weight is 324 g/mol. The van der Waals surface area contributed by atoms with Gasteiger partial charge in [0, 0.05) is 17.6 Å². The molecule has 1 N–H and O–H groups in total. The third-order valence-corrected chi connectivity index (χ3v) is 3.10. The Labute approximate surface area is 120 Å². The number of ether oxygens (including phenoxy) is 1. The highest BCUT2D eigenvalue weighted by atomic mass is 79.9. The van der Waals surface area contributed by atoms with Crippen LogP contribution in [0.3, 0.4) is 0 Å². The number of benzene rings is 2. The topological polar surface area (TPSA) is 21.3 Å². The maximum atomic E-state index is 13.4. The molecule has 19 heavy (non-hydrogen) atoms. The van der Waals surface area contributed by atoms with E-state index in [1.54, 1.807) is 12.1 Å². The molecule has 0 saturated heterocycles. The van der Waals surface area contributed by atoms with Gasteiger partial charge in [-0.3, -0.25) is 0 Å². The Hall–Kier alpha value is -1.39. The van der Waals surface area contributed by atoms with Gasteiger partial charge in [-0.25, -0.2) is 4.39 Å². The first-order chi connectivity index (χ1) is 9.25. The summed E-state index contributed by atoms with van der Waals surface area (Å²) in [5.41, 5.74) is 1.22. The highest BCUT2D eigenvalue weighted by Crippen LogP contribution is 2.21. The molecule has 0 spiro atoms. The summed E-state index contributed by atoms with van der Waals surface area (Å²) in [6.07, 6.45) is 0. The van der Waals surface area contributed by atoms with Crippen molar-refractivity contribution >= 4 is 15.9 Å². The third-order valence-electron chi connectivity index (χ3n) is 2.60.